The van der Waals surface area contributed by atoms with Crippen molar-refractivity contribution in [1.29, 1.82) is 0 Å². The Balaban J connectivity index is 1.37. The summed E-state index contributed by atoms with van der Waals surface area (Å²) in [4.78, 5) is 2.52. The van der Waals surface area contributed by atoms with Gasteiger partial charge in [-0.15, -0.1) is 0 Å². The van der Waals surface area contributed by atoms with Crippen LogP contribution in [0.5, 0.6) is 5.75 Å². The second-order valence-electron chi connectivity index (χ2n) is 13.2. The van der Waals surface area contributed by atoms with Gasteiger partial charge in [-0.25, -0.2) is 8.42 Å². The molecular weight excluding hydrogens is 644 g/mol. The van der Waals surface area contributed by atoms with Crippen LogP contribution in [0.15, 0.2) is 71.6 Å². The van der Waals surface area contributed by atoms with Gasteiger partial charge in [-0.1, -0.05) is 55.0 Å². The van der Waals surface area contributed by atoms with E-state index in [4.69, 9.17) is 23.7 Å². The summed E-state index contributed by atoms with van der Waals surface area (Å²) in [6.45, 7) is 8.88. The van der Waals surface area contributed by atoms with Crippen molar-refractivity contribution in [2.24, 2.45) is 5.92 Å². The predicted molar refractivity (Wildman–Crippen MR) is 190 cm³/mol. The maximum Gasteiger partial charge on any atom is 0.243 e. The zero-order chi connectivity index (χ0) is 34.8. The van der Waals surface area contributed by atoms with E-state index in [1.807, 2.05) is 19.1 Å². The van der Waals surface area contributed by atoms with Gasteiger partial charge in [0.25, 0.3) is 0 Å². The number of fused-ring (bicyclic) bond motifs is 1. The lowest BCUT2D eigenvalue weighted by molar-refractivity contribution is -0.0268. The molecule has 11 heteroatoms. The zero-order valence-corrected chi connectivity index (χ0v) is 30.1. The molecule has 10 nitrogen and oxygen atoms in total. The van der Waals surface area contributed by atoms with Crippen LogP contribution in [-0.4, -0.2) is 96.9 Å². The van der Waals surface area contributed by atoms with Crippen LogP contribution in [0.2, 0.25) is 0 Å². The number of methoxy groups -OCH3 is 2. The number of anilines is 1. The summed E-state index contributed by atoms with van der Waals surface area (Å²) in [5.41, 5.74) is 5.07. The normalized spacial score (nSPS) is 20.5. The van der Waals surface area contributed by atoms with Gasteiger partial charge in [0.1, 0.15) is 12.4 Å². The van der Waals surface area contributed by atoms with Gasteiger partial charge in [0.05, 0.1) is 56.3 Å². The fourth-order valence-corrected chi connectivity index (χ4v) is 8.30. The maximum absolute atomic E-state index is 14.0. The van der Waals surface area contributed by atoms with Crippen molar-refractivity contribution in [3.8, 4) is 5.75 Å². The minimum absolute atomic E-state index is 0.117. The maximum atomic E-state index is 14.0. The third-order valence-corrected chi connectivity index (χ3v) is 11.3. The number of rotatable bonds is 17. The molecule has 0 radical (unpaired) electrons. The fraction of sp³-hybridized carbons (Fsp3) is 0.526. The first-order valence-electron chi connectivity index (χ1n) is 17.2. The lowest BCUT2D eigenvalue weighted by atomic mass is 9.84. The van der Waals surface area contributed by atoms with E-state index in [0.717, 1.165) is 53.2 Å². The van der Waals surface area contributed by atoms with Gasteiger partial charge >= 0.3 is 0 Å². The zero-order valence-electron chi connectivity index (χ0n) is 29.3. The summed E-state index contributed by atoms with van der Waals surface area (Å²) < 4.78 is 58.4. The fourth-order valence-electron chi connectivity index (χ4n) is 6.66. The van der Waals surface area contributed by atoms with Crippen molar-refractivity contribution >= 4 is 15.7 Å². The van der Waals surface area contributed by atoms with E-state index >= 15 is 0 Å². The number of nitrogens with zero attached hydrogens (tertiary/aromatic N) is 2. The van der Waals surface area contributed by atoms with Gasteiger partial charge in [-0.2, -0.15) is 4.31 Å². The van der Waals surface area contributed by atoms with Crippen LogP contribution in [-0.2, 0) is 42.2 Å². The van der Waals surface area contributed by atoms with Crippen molar-refractivity contribution < 1.29 is 37.2 Å². The van der Waals surface area contributed by atoms with Crippen LogP contribution < -0.4 is 9.64 Å². The second-order valence-corrected chi connectivity index (χ2v) is 15.1. The first-order valence-corrected chi connectivity index (χ1v) is 18.6. The highest BCUT2D eigenvalue weighted by Crippen LogP contribution is 2.38. The van der Waals surface area contributed by atoms with Crippen molar-refractivity contribution in [2.45, 2.75) is 62.9 Å². The smallest absolute Gasteiger partial charge is 0.243 e. The lowest BCUT2D eigenvalue weighted by Gasteiger charge is -2.42. The summed E-state index contributed by atoms with van der Waals surface area (Å²) in [6.07, 6.45) is 0.877. The first-order chi connectivity index (χ1) is 23.7. The standard InChI is InChI=1S/C38H52N2O8S/c1-28-6-13-34(14-7-28)49(42,43)40-22-38(48-27-31-10-15-37-36(20-31)39(17-19-47-37)16-5-18-44-3)35(21-33(40)23-41)32-11-8-30(9-12-32)26-46-25-29(2)24-45-4/h6-15,20,29,33,35,38,41H,5,16-19,21-27H2,1-4H3/t29-,33-,35+,38-/m0/s1. The number of aliphatic hydroxyl groups excluding tert-OH is 1. The number of hydrogen-bond acceptors (Lipinski definition) is 9. The molecule has 0 aromatic heterocycles. The van der Waals surface area contributed by atoms with E-state index in [1.165, 1.54) is 4.31 Å². The quantitative estimate of drug-likeness (QED) is 0.192. The Bertz CT molecular complexity index is 1570. The minimum atomic E-state index is -3.89. The largest absolute Gasteiger partial charge is 0.490 e. The molecule has 0 amide bonds. The third kappa shape index (κ3) is 9.61. The van der Waals surface area contributed by atoms with Crippen LogP contribution in [0.3, 0.4) is 0 Å². The highest BCUT2D eigenvalue weighted by Gasteiger charge is 2.42. The molecule has 0 bridgehead atoms. The Morgan fingerprint density at radius 1 is 0.959 bits per heavy atom. The molecule has 0 unspecified atom stereocenters. The number of hydrogen-bond donors (Lipinski definition) is 1. The molecule has 1 saturated heterocycles. The number of aliphatic hydroxyl groups is 1. The number of benzene rings is 3. The Kier molecular flexibility index (Phi) is 13.5. The molecule has 3 aromatic rings. The summed E-state index contributed by atoms with van der Waals surface area (Å²) in [5, 5.41) is 10.5. The Labute approximate surface area is 291 Å². The van der Waals surface area contributed by atoms with Crippen molar-refractivity contribution in [1.82, 2.24) is 4.31 Å². The molecular formula is C38H52N2O8S. The molecule has 2 heterocycles. The first kappa shape index (κ1) is 37.2. The van der Waals surface area contributed by atoms with Crippen molar-refractivity contribution in [2.75, 3.05) is 71.8 Å². The molecule has 268 valence electrons. The molecule has 0 spiro atoms. The van der Waals surface area contributed by atoms with Crippen LogP contribution in [0.1, 0.15) is 47.9 Å². The Hall–Kier alpha value is -3.03. The van der Waals surface area contributed by atoms with E-state index in [2.05, 4.69) is 42.2 Å². The third-order valence-electron chi connectivity index (χ3n) is 9.33. The molecule has 1 N–H and O–H groups in total. The van der Waals surface area contributed by atoms with Gasteiger partial charge in [0, 0.05) is 51.8 Å². The van der Waals surface area contributed by atoms with Crippen molar-refractivity contribution in [3.05, 3.63) is 89.0 Å². The molecule has 5 rings (SSSR count). The predicted octanol–water partition coefficient (Wildman–Crippen LogP) is 5.15. The molecule has 2 aliphatic rings. The van der Waals surface area contributed by atoms with Gasteiger partial charge < -0.3 is 33.7 Å². The summed E-state index contributed by atoms with van der Waals surface area (Å²) in [6, 6.07) is 20.6. The van der Waals surface area contributed by atoms with Crippen LogP contribution in [0.4, 0.5) is 5.69 Å². The summed E-state index contributed by atoms with van der Waals surface area (Å²) in [5.74, 6) is 1.02. The van der Waals surface area contributed by atoms with E-state index < -0.39 is 22.2 Å². The van der Waals surface area contributed by atoms with E-state index in [1.54, 1.807) is 38.5 Å². The van der Waals surface area contributed by atoms with Crippen LogP contribution in [0, 0.1) is 12.8 Å². The Morgan fingerprint density at radius 2 is 1.71 bits per heavy atom. The average Bonchev–Trinajstić information content (AvgIpc) is 3.11. The van der Waals surface area contributed by atoms with E-state index in [0.29, 0.717) is 52.0 Å². The van der Waals surface area contributed by atoms with E-state index in [9.17, 15) is 13.5 Å². The SMILES string of the molecule is COCCCN1CCOc2ccc(CO[C@H]3CN(S(=O)(=O)c4ccc(C)cc4)[C@H](CO)C[C@@H]3c3ccc(COC[C@@H](C)COC)cc3)cc21. The number of piperidine rings is 1. The lowest BCUT2D eigenvalue weighted by Crippen LogP contribution is -2.53. The number of aryl methyl sites for hydroxylation is 1. The van der Waals surface area contributed by atoms with Gasteiger partial charge in [0.2, 0.25) is 10.0 Å². The average molecular weight is 697 g/mol. The van der Waals surface area contributed by atoms with E-state index in [-0.39, 0.29) is 24.0 Å². The number of ether oxygens (including phenoxy) is 5. The molecule has 3 aromatic carbocycles. The monoisotopic (exact) mass is 696 g/mol. The molecule has 0 aliphatic carbocycles. The topological polar surface area (TPSA) is 107 Å². The highest BCUT2D eigenvalue weighted by molar-refractivity contribution is 7.89. The van der Waals surface area contributed by atoms with Crippen LogP contribution >= 0.6 is 0 Å². The minimum Gasteiger partial charge on any atom is -0.490 e. The van der Waals surface area contributed by atoms with Gasteiger partial charge in [-0.05, 0) is 60.7 Å². The molecule has 49 heavy (non-hydrogen) atoms. The second kappa shape index (κ2) is 17.8. The van der Waals surface area contributed by atoms with Gasteiger partial charge in [-0.3, -0.25) is 0 Å². The highest BCUT2D eigenvalue weighted by atomic mass is 32.2. The summed E-state index contributed by atoms with van der Waals surface area (Å²) in [7, 11) is -0.480. The molecule has 2 aliphatic heterocycles. The van der Waals surface area contributed by atoms with Gasteiger partial charge in [0.15, 0.2) is 0 Å². The summed E-state index contributed by atoms with van der Waals surface area (Å²) >= 11 is 0. The molecule has 1 fully saturated rings. The Morgan fingerprint density at radius 3 is 2.43 bits per heavy atom. The number of sulfonamides is 1. The van der Waals surface area contributed by atoms with Crippen LogP contribution in [0.25, 0.3) is 0 Å². The molecule has 4 atom stereocenters. The van der Waals surface area contributed by atoms with Crippen molar-refractivity contribution in [3.63, 3.8) is 0 Å². The molecule has 0 saturated carbocycles.